The average molecular weight is 248 g/mol. The van der Waals surface area contributed by atoms with Crippen LogP contribution in [0.2, 0.25) is 0 Å². The lowest BCUT2D eigenvalue weighted by Crippen LogP contribution is -2.34. The molecule has 2 amide bonds. The Morgan fingerprint density at radius 2 is 1.83 bits per heavy atom. The Bertz CT molecular complexity index is 444. The molecule has 0 aliphatic heterocycles. The molecule has 4 N–H and O–H groups in total. The molecule has 98 valence electrons. The number of carbonyl (C=O) groups excluding carboxylic acids is 1. The van der Waals surface area contributed by atoms with Gasteiger partial charge in [-0.3, -0.25) is 4.90 Å². The van der Waals surface area contributed by atoms with Crippen LogP contribution in [-0.4, -0.2) is 18.5 Å². The van der Waals surface area contributed by atoms with E-state index in [1.807, 2.05) is 39.0 Å². The predicted molar refractivity (Wildman–Crippen MR) is 74.8 cm³/mol. The highest BCUT2D eigenvalue weighted by Crippen LogP contribution is 2.25. The average Bonchev–Trinajstić information content (AvgIpc) is 2.26. The molecular weight excluding hydrogens is 228 g/mol. The van der Waals surface area contributed by atoms with Crippen molar-refractivity contribution in [1.29, 1.82) is 0 Å². The van der Waals surface area contributed by atoms with Crippen LogP contribution in [0.25, 0.3) is 0 Å². The summed E-state index contributed by atoms with van der Waals surface area (Å²) < 4.78 is 0. The second-order valence-electron chi connectivity index (χ2n) is 4.21. The van der Waals surface area contributed by atoms with E-state index in [9.17, 15) is 4.79 Å². The van der Waals surface area contributed by atoms with E-state index in [0.717, 1.165) is 23.2 Å². The Morgan fingerprint density at radius 1 is 1.28 bits per heavy atom. The van der Waals surface area contributed by atoms with E-state index in [4.69, 9.17) is 11.5 Å². The minimum Gasteiger partial charge on any atom is -0.370 e. The van der Waals surface area contributed by atoms with Crippen molar-refractivity contribution in [3.8, 4) is 0 Å². The maximum absolute atomic E-state index is 12.0. The Labute approximate surface area is 107 Å². The third kappa shape index (κ3) is 3.23. The Hall–Kier alpha value is -2.04. The fraction of sp³-hybridized carbons (Fsp3) is 0.385. The number of nitrogens with zero attached hydrogens (tertiary/aromatic N) is 2. The lowest BCUT2D eigenvalue weighted by Gasteiger charge is -2.23. The number of amides is 2. The van der Waals surface area contributed by atoms with Gasteiger partial charge in [-0.1, -0.05) is 25.1 Å². The van der Waals surface area contributed by atoms with Crippen LogP contribution in [0, 0.1) is 13.8 Å². The molecule has 0 unspecified atom stereocenters. The predicted octanol–water partition coefficient (Wildman–Crippen LogP) is 1.91. The van der Waals surface area contributed by atoms with Crippen molar-refractivity contribution in [2.45, 2.75) is 27.2 Å². The number of urea groups is 1. The fourth-order valence-corrected chi connectivity index (χ4v) is 1.93. The molecule has 0 heterocycles. The van der Waals surface area contributed by atoms with Crippen LogP contribution in [0.5, 0.6) is 0 Å². The molecule has 0 fully saturated rings. The van der Waals surface area contributed by atoms with E-state index in [1.165, 1.54) is 0 Å². The van der Waals surface area contributed by atoms with E-state index >= 15 is 0 Å². The van der Waals surface area contributed by atoms with Gasteiger partial charge >= 0.3 is 6.03 Å². The zero-order valence-electron chi connectivity index (χ0n) is 11.1. The van der Waals surface area contributed by atoms with Gasteiger partial charge in [0.25, 0.3) is 0 Å². The number of aliphatic imine (C=N–C) groups is 1. The topological polar surface area (TPSA) is 84.7 Å². The first-order valence-electron chi connectivity index (χ1n) is 5.94. The van der Waals surface area contributed by atoms with E-state index in [-0.39, 0.29) is 5.96 Å². The maximum atomic E-state index is 12.0. The summed E-state index contributed by atoms with van der Waals surface area (Å²) in [7, 11) is 0. The number of guanidine groups is 1. The molecule has 0 radical (unpaired) electrons. The molecule has 0 saturated carbocycles. The smallest absolute Gasteiger partial charge is 0.351 e. The molecule has 1 aromatic carbocycles. The number of para-hydroxylation sites is 1. The summed E-state index contributed by atoms with van der Waals surface area (Å²) in [6.45, 7) is 6.52. The van der Waals surface area contributed by atoms with Crippen LogP contribution in [0.15, 0.2) is 23.2 Å². The summed E-state index contributed by atoms with van der Waals surface area (Å²) in [6, 6.07) is 5.47. The van der Waals surface area contributed by atoms with Gasteiger partial charge < -0.3 is 11.5 Å². The number of rotatable bonds is 3. The molecule has 0 atom stereocenters. The van der Waals surface area contributed by atoms with Gasteiger partial charge in [0.1, 0.15) is 0 Å². The van der Waals surface area contributed by atoms with Crippen molar-refractivity contribution < 1.29 is 4.79 Å². The third-order valence-electron chi connectivity index (χ3n) is 2.61. The van der Waals surface area contributed by atoms with Crippen molar-refractivity contribution >= 4 is 17.7 Å². The molecule has 18 heavy (non-hydrogen) atoms. The third-order valence-corrected chi connectivity index (χ3v) is 2.61. The lowest BCUT2D eigenvalue weighted by molar-refractivity contribution is 0.254. The van der Waals surface area contributed by atoms with Gasteiger partial charge in [0, 0.05) is 6.54 Å². The first-order valence-corrected chi connectivity index (χ1v) is 5.94. The summed E-state index contributed by atoms with van der Waals surface area (Å²) >= 11 is 0. The Kier molecular flexibility index (Phi) is 4.71. The van der Waals surface area contributed by atoms with Crippen LogP contribution < -0.4 is 16.4 Å². The van der Waals surface area contributed by atoms with Gasteiger partial charge in [-0.2, -0.15) is 4.99 Å². The number of benzene rings is 1. The van der Waals surface area contributed by atoms with Gasteiger partial charge in [-0.25, -0.2) is 4.79 Å². The van der Waals surface area contributed by atoms with Gasteiger partial charge in [0.2, 0.25) is 0 Å². The van der Waals surface area contributed by atoms with E-state index in [1.54, 1.807) is 4.90 Å². The lowest BCUT2D eigenvalue weighted by atomic mass is 10.1. The van der Waals surface area contributed by atoms with Crippen molar-refractivity contribution in [3.05, 3.63) is 29.3 Å². The molecule has 0 bridgehead atoms. The summed E-state index contributed by atoms with van der Waals surface area (Å²) in [6.07, 6.45) is 0.833. The standard InChI is InChI=1S/C13H20N4O/c1-4-8-17(13(18)16-12(14)15)11-9(2)6-5-7-10(11)3/h5-7H,4,8H2,1-3H3,(H4,14,15,16,18). The van der Waals surface area contributed by atoms with Crippen molar-refractivity contribution in [2.75, 3.05) is 11.4 Å². The van der Waals surface area contributed by atoms with Crippen LogP contribution in [0.1, 0.15) is 24.5 Å². The van der Waals surface area contributed by atoms with Crippen LogP contribution in [0.3, 0.4) is 0 Å². The fourth-order valence-electron chi connectivity index (χ4n) is 1.93. The zero-order chi connectivity index (χ0) is 13.7. The summed E-state index contributed by atoms with van der Waals surface area (Å²) in [5, 5.41) is 0. The minimum absolute atomic E-state index is 0.215. The van der Waals surface area contributed by atoms with Crippen molar-refractivity contribution in [3.63, 3.8) is 0 Å². The number of aryl methyl sites for hydroxylation is 2. The minimum atomic E-state index is -0.422. The van der Waals surface area contributed by atoms with Crippen molar-refractivity contribution in [2.24, 2.45) is 16.5 Å². The van der Waals surface area contributed by atoms with Crippen LogP contribution >= 0.6 is 0 Å². The molecule has 0 aromatic heterocycles. The number of nitrogens with two attached hydrogens (primary N) is 2. The second kappa shape index (κ2) is 6.05. The molecule has 5 heteroatoms. The number of hydrogen-bond donors (Lipinski definition) is 2. The molecule has 5 nitrogen and oxygen atoms in total. The van der Waals surface area contributed by atoms with Gasteiger partial charge in [-0.15, -0.1) is 0 Å². The first-order chi connectivity index (χ1) is 8.47. The largest absolute Gasteiger partial charge is 0.370 e. The molecular formula is C13H20N4O. The normalized spacial score (nSPS) is 9.94. The molecule has 0 spiro atoms. The zero-order valence-corrected chi connectivity index (χ0v) is 11.1. The highest BCUT2D eigenvalue weighted by Gasteiger charge is 2.18. The number of carbonyl (C=O) groups is 1. The number of hydrogen-bond acceptors (Lipinski definition) is 1. The SMILES string of the molecule is CCCN(C(=O)N=C(N)N)c1c(C)cccc1C. The Morgan fingerprint density at radius 3 is 2.28 bits per heavy atom. The van der Waals surface area contributed by atoms with E-state index in [2.05, 4.69) is 4.99 Å². The quantitative estimate of drug-likeness (QED) is 0.633. The first kappa shape index (κ1) is 14.0. The van der Waals surface area contributed by atoms with E-state index < -0.39 is 6.03 Å². The molecule has 1 rings (SSSR count). The maximum Gasteiger partial charge on any atom is 0.351 e. The van der Waals surface area contributed by atoms with Crippen molar-refractivity contribution in [1.82, 2.24) is 0 Å². The summed E-state index contributed by atoms with van der Waals surface area (Å²) in [4.78, 5) is 17.3. The Balaban J connectivity index is 3.20. The number of anilines is 1. The monoisotopic (exact) mass is 248 g/mol. The van der Waals surface area contributed by atoms with Gasteiger partial charge in [0.05, 0.1) is 5.69 Å². The molecule has 1 aromatic rings. The molecule has 0 saturated heterocycles. The molecule has 0 aliphatic rings. The van der Waals surface area contributed by atoms with Gasteiger partial charge in [0.15, 0.2) is 5.96 Å². The van der Waals surface area contributed by atoms with Crippen LogP contribution in [0.4, 0.5) is 10.5 Å². The second-order valence-corrected chi connectivity index (χ2v) is 4.21. The van der Waals surface area contributed by atoms with Gasteiger partial charge in [-0.05, 0) is 31.4 Å². The summed E-state index contributed by atoms with van der Waals surface area (Å²) in [5.41, 5.74) is 13.5. The summed E-state index contributed by atoms with van der Waals surface area (Å²) in [5.74, 6) is -0.215. The van der Waals surface area contributed by atoms with E-state index in [0.29, 0.717) is 6.54 Å². The highest BCUT2D eigenvalue weighted by molar-refractivity contribution is 6.00. The highest BCUT2D eigenvalue weighted by atomic mass is 16.2. The molecule has 0 aliphatic carbocycles. The van der Waals surface area contributed by atoms with Crippen LogP contribution in [-0.2, 0) is 0 Å².